The number of rotatable bonds is 2. The second-order valence-corrected chi connectivity index (χ2v) is 2.81. The van der Waals surface area contributed by atoms with Crippen LogP contribution < -0.4 is 5.32 Å². The molecule has 9 heavy (non-hydrogen) atoms. The van der Waals surface area contributed by atoms with Crippen LogP contribution in [0.15, 0.2) is 16.6 Å². The van der Waals surface area contributed by atoms with Gasteiger partial charge in [0, 0.05) is 14.1 Å². The monoisotopic (exact) mass is 144 g/mol. The molecule has 2 nitrogen and oxygen atoms in total. The molecule has 0 aliphatic heterocycles. The highest BCUT2D eigenvalue weighted by atomic mass is 32.2. The van der Waals surface area contributed by atoms with Crippen molar-refractivity contribution in [2.24, 2.45) is 4.99 Å². The Labute approximate surface area is 60.4 Å². The largest absolute Gasteiger partial charge is 0.383 e. The Bertz CT molecular complexity index is 129. The standard InChI is InChI=1S/C6H12N2S/c1-5(7-3)9-6(2)8-4/h7H,1H2,2-4H3/b8-6+. The molecule has 52 valence electrons. The zero-order valence-corrected chi connectivity index (χ0v) is 6.88. The first-order valence-corrected chi connectivity index (χ1v) is 3.50. The molecule has 0 heterocycles. The van der Waals surface area contributed by atoms with Crippen LogP contribution in [0.4, 0.5) is 0 Å². The lowest BCUT2D eigenvalue weighted by Crippen LogP contribution is -2.01. The second kappa shape index (κ2) is 4.44. The molecular formula is C6H12N2S. The SMILES string of the molecule is C=C(NC)S/C(C)=N/C. The number of hydrogen-bond acceptors (Lipinski definition) is 3. The topological polar surface area (TPSA) is 24.4 Å². The molecule has 3 heteroatoms. The lowest BCUT2D eigenvalue weighted by Gasteiger charge is -2.00. The van der Waals surface area contributed by atoms with Gasteiger partial charge in [0.05, 0.1) is 10.1 Å². The van der Waals surface area contributed by atoms with E-state index in [9.17, 15) is 0 Å². The first-order chi connectivity index (χ1) is 4.20. The maximum Gasteiger partial charge on any atom is 0.0703 e. The molecule has 0 bridgehead atoms. The minimum absolute atomic E-state index is 0.929. The van der Waals surface area contributed by atoms with Crippen molar-refractivity contribution >= 4 is 16.8 Å². The Hall–Kier alpha value is -0.440. The van der Waals surface area contributed by atoms with Gasteiger partial charge < -0.3 is 5.32 Å². The van der Waals surface area contributed by atoms with Gasteiger partial charge in [0.15, 0.2) is 0 Å². The van der Waals surface area contributed by atoms with Crippen molar-refractivity contribution in [3.63, 3.8) is 0 Å². The maximum absolute atomic E-state index is 3.96. The van der Waals surface area contributed by atoms with Gasteiger partial charge in [-0.1, -0.05) is 18.3 Å². The lowest BCUT2D eigenvalue weighted by molar-refractivity contribution is 1.09. The van der Waals surface area contributed by atoms with Crippen molar-refractivity contribution in [2.45, 2.75) is 6.92 Å². The third-order valence-electron chi connectivity index (χ3n) is 0.865. The molecule has 0 spiro atoms. The van der Waals surface area contributed by atoms with E-state index in [0.29, 0.717) is 0 Å². The highest BCUT2D eigenvalue weighted by molar-refractivity contribution is 8.17. The van der Waals surface area contributed by atoms with Gasteiger partial charge in [0.2, 0.25) is 0 Å². The summed E-state index contributed by atoms with van der Waals surface area (Å²) in [6.45, 7) is 5.68. The molecule has 0 unspecified atom stereocenters. The van der Waals surface area contributed by atoms with Crippen LogP contribution >= 0.6 is 11.8 Å². The van der Waals surface area contributed by atoms with Crippen molar-refractivity contribution in [3.05, 3.63) is 11.6 Å². The predicted octanol–water partition coefficient (Wildman–Crippen LogP) is 1.46. The van der Waals surface area contributed by atoms with Gasteiger partial charge in [-0.25, -0.2) is 0 Å². The van der Waals surface area contributed by atoms with E-state index in [1.54, 1.807) is 18.8 Å². The van der Waals surface area contributed by atoms with Crippen molar-refractivity contribution < 1.29 is 0 Å². The molecule has 1 N–H and O–H groups in total. The van der Waals surface area contributed by atoms with Crippen molar-refractivity contribution in [3.8, 4) is 0 Å². The Morgan fingerprint density at radius 2 is 2.22 bits per heavy atom. The number of thioether (sulfide) groups is 1. The van der Waals surface area contributed by atoms with Gasteiger partial charge >= 0.3 is 0 Å². The van der Waals surface area contributed by atoms with E-state index in [1.165, 1.54) is 0 Å². The van der Waals surface area contributed by atoms with Crippen molar-refractivity contribution in [1.82, 2.24) is 5.32 Å². The Kier molecular flexibility index (Phi) is 4.22. The molecule has 0 aliphatic carbocycles. The fraction of sp³-hybridized carbons (Fsp3) is 0.500. The van der Waals surface area contributed by atoms with Crippen LogP contribution in [0.3, 0.4) is 0 Å². The van der Waals surface area contributed by atoms with E-state index in [4.69, 9.17) is 0 Å². The minimum atomic E-state index is 0.929. The molecular weight excluding hydrogens is 132 g/mol. The number of aliphatic imine (C=N–C) groups is 1. The summed E-state index contributed by atoms with van der Waals surface area (Å²) in [6, 6.07) is 0. The number of hydrogen-bond donors (Lipinski definition) is 1. The molecule has 0 aromatic carbocycles. The summed E-state index contributed by atoms with van der Waals surface area (Å²) in [5, 5.41) is 4.87. The number of nitrogens with one attached hydrogen (secondary N) is 1. The fourth-order valence-electron chi connectivity index (χ4n) is 0.275. The molecule has 0 aromatic rings. The molecule has 0 fully saturated rings. The first-order valence-electron chi connectivity index (χ1n) is 2.68. The van der Waals surface area contributed by atoms with Crippen LogP contribution in [0.5, 0.6) is 0 Å². The van der Waals surface area contributed by atoms with Crippen LogP contribution in [-0.2, 0) is 0 Å². The van der Waals surface area contributed by atoms with Gasteiger partial charge in [-0.3, -0.25) is 4.99 Å². The molecule has 0 aromatic heterocycles. The van der Waals surface area contributed by atoms with E-state index >= 15 is 0 Å². The van der Waals surface area contributed by atoms with Crippen LogP contribution in [0.1, 0.15) is 6.92 Å². The summed E-state index contributed by atoms with van der Waals surface area (Å²) in [7, 11) is 3.61. The van der Waals surface area contributed by atoms with E-state index in [2.05, 4.69) is 16.9 Å². The smallest absolute Gasteiger partial charge is 0.0703 e. The lowest BCUT2D eigenvalue weighted by atomic mass is 10.9. The molecule has 0 aliphatic rings. The average molecular weight is 144 g/mol. The third kappa shape index (κ3) is 4.09. The second-order valence-electron chi connectivity index (χ2n) is 1.52. The number of nitrogens with zero attached hydrogens (tertiary/aromatic N) is 1. The minimum Gasteiger partial charge on any atom is -0.383 e. The molecule has 0 amide bonds. The fourth-order valence-corrected chi connectivity index (χ4v) is 0.825. The first kappa shape index (κ1) is 8.56. The third-order valence-corrected chi connectivity index (χ3v) is 1.79. The van der Waals surface area contributed by atoms with Gasteiger partial charge in [0.1, 0.15) is 0 Å². The maximum atomic E-state index is 3.96. The van der Waals surface area contributed by atoms with Crippen molar-refractivity contribution in [1.29, 1.82) is 0 Å². The average Bonchev–Trinajstić information content (AvgIpc) is 1.87. The molecule has 0 radical (unpaired) electrons. The Morgan fingerprint density at radius 3 is 2.56 bits per heavy atom. The Morgan fingerprint density at radius 1 is 1.67 bits per heavy atom. The summed E-state index contributed by atoms with van der Waals surface area (Å²) < 4.78 is 0. The van der Waals surface area contributed by atoms with Gasteiger partial charge in [0.25, 0.3) is 0 Å². The van der Waals surface area contributed by atoms with Crippen molar-refractivity contribution in [2.75, 3.05) is 14.1 Å². The molecule has 0 atom stereocenters. The van der Waals surface area contributed by atoms with Gasteiger partial charge in [-0.2, -0.15) is 0 Å². The van der Waals surface area contributed by atoms with E-state index in [0.717, 1.165) is 10.1 Å². The quantitative estimate of drug-likeness (QED) is 0.468. The zero-order chi connectivity index (χ0) is 7.28. The summed E-state index contributed by atoms with van der Waals surface area (Å²) in [5.74, 6) is 0. The highest BCUT2D eigenvalue weighted by Gasteiger charge is 1.91. The van der Waals surface area contributed by atoms with E-state index in [-0.39, 0.29) is 0 Å². The van der Waals surface area contributed by atoms with E-state index in [1.807, 2.05) is 14.0 Å². The van der Waals surface area contributed by atoms with Crippen LogP contribution in [0, 0.1) is 0 Å². The summed E-state index contributed by atoms with van der Waals surface area (Å²) >= 11 is 1.54. The molecule has 0 saturated heterocycles. The van der Waals surface area contributed by atoms with Crippen LogP contribution in [-0.4, -0.2) is 19.1 Å². The van der Waals surface area contributed by atoms with Crippen LogP contribution in [0.25, 0.3) is 0 Å². The summed E-state index contributed by atoms with van der Waals surface area (Å²) in [6.07, 6.45) is 0. The summed E-state index contributed by atoms with van der Waals surface area (Å²) in [5.41, 5.74) is 0. The highest BCUT2D eigenvalue weighted by Crippen LogP contribution is 2.10. The van der Waals surface area contributed by atoms with Gasteiger partial charge in [-0.15, -0.1) is 0 Å². The van der Waals surface area contributed by atoms with E-state index < -0.39 is 0 Å². The Balaban J connectivity index is 3.60. The molecule has 0 saturated carbocycles. The molecule has 0 rings (SSSR count). The van der Waals surface area contributed by atoms with Gasteiger partial charge in [-0.05, 0) is 6.92 Å². The predicted molar refractivity (Wildman–Crippen MR) is 44.8 cm³/mol. The normalized spacial score (nSPS) is 11.2. The zero-order valence-electron chi connectivity index (χ0n) is 6.06. The van der Waals surface area contributed by atoms with Crippen LogP contribution in [0.2, 0.25) is 0 Å². The summed E-state index contributed by atoms with van der Waals surface area (Å²) in [4.78, 5) is 3.96.